The van der Waals surface area contributed by atoms with Crippen LogP contribution in [0.2, 0.25) is 0 Å². The molecule has 0 aliphatic carbocycles. The molecule has 0 aromatic heterocycles. The van der Waals surface area contributed by atoms with Gasteiger partial charge in [0, 0.05) is 5.56 Å². The van der Waals surface area contributed by atoms with Crippen LogP contribution in [0.3, 0.4) is 0 Å². The Morgan fingerprint density at radius 3 is 2.62 bits per heavy atom. The molecule has 0 radical (unpaired) electrons. The molecular weight excluding hydrogens is 264 g/mol. The maximum absolute atomic E-state index is 11.9. The highest BCUT2D eigenvalue weighted by Gasteiger charge is 2.02. The lowest BCUT2D eigenvalue weighted by Crippen LogP contribution is -1.93. The lowest BCUT2D eigenvalue weighted by atomic mass is 10.1. The third kappa shape index (κ3) is 4.35. The molecular formula is C18H16O3. The molecule has 0 saturated heterocycles. The van der Waals surface area contributed by atoms with Gasteiger partial charge < -0.3 is 9.84 Å². The van der Waals surface area contributed by atoms with Crippen molar-refractivity contribution < 1.29 is 14.6 Å². The largest absolute Gasteiger partial charge is 0.508 e. The number of ether oxygens (including phenoxy) is 1. The summed E-state index contributed by atoms with van der Waals surface area (Å²) in [5.41, 5.74) is 1.35. The molecule has 0 amide bonds. The standard InChI is InChI=1S/C18H16O3/c1-2-12-21-17-9-6-14(7-10-17)8-11-18(20)15-4-3-5-16(19)13-15/h2-11,13,19H,1,12H2/b11-8+. The van der Waals surface area contributed by atoms with Crippen LogP contribution in [-0.4, -0.2) is 17.5 Å². The van der Waals surface area contributed by atoms with Crippen molar-refractivity contribution in [1.82, 2.24) is 0 Å². The number of benzene rings is 2. The Bertz CT molecular complexity index is 654. The topological polar surface area (TPSA) is 46.5 Å². The van der Waals surface area contributed by atoms with Gasteiger partial charge in [-0.3, -0.25) is 4.79 Å². The van der Waals surface area contributed by atoms with Crippen molar-refractivity contribution in [3.8, 4) is 11.5 Å². The van der Waals surface area contributed by atoms with E-state index in [-0.39, 0.29) is 11.5 Å². The van der Waals surface area contributed by atoms with Gasteiger partial charge in [0.05, 0.1) is 0 Å². The van der Waals surface area contributed by atoms with Gasteiger partial charge in [-0.05, 0) is 35.9 Å². The fraction of sp³-hybridized carbons (Fsp3) is 0.0556. The quantitative estimate of drug-likeness (QED) is 0.496. The lowest BCUT2D eigenvalue weighted by Gasteiger charge is -2.02. The number of carbonyl (C=O) groups is 1. The molecule has 0 saturated carbocycles. The second kappa shape index (κ2) is 7.10. The number of allylic oxidation sites excluding steroid dienone is 1. The first-order valence-corrected chi connectivity index (χ1v) is 6.54. The molecule has 0 bridgehead atoms. The summed E-state index contributed by atoms with van der Waals surface area (Å²) in [6, 6.07) is 13.7. The third-order valence-corrected chi connectivity index (χ3v) is 2.81. The highest BCUT2D eigenvalue weighted by molar-refractivity contribution is 6.07. The molecule has 0 atom stereocenters. The normalized spacial score (nSPS) is 10.5. The summed E-state index contributed by atoms with van der Waals surface area (Å²) in [7, 11) is 0. The van der Waals surface area contributed by atoms with E-state index >= 15 is 0 Å². The van der Waals surface area contributed by atoms with Crippen LogP contribution in [0.4, 0.5) is 0 Å². The highest BCUT2D eigenvalue weighted by atomic mass is 16.5. The number of carbonyl (C=O) groups excluding carboxylic acids is 1. The zero-order chi connectivity index (χ0) is 15.1. The summed E-state index contributed by atoms with van der Waals surface area (Å²) in [6.07, 6.45) is 4.89. The van der Waals surface area contributed by atoms with Crippen molar-refractivity contribution in [2.24, 2.45) is 0 Å². The van der Waals surface area contributed by atoms with Crippen LogP contribution >= 0.6 is 0 Å². The number of hydrogen-bond acceptors (Lipinski definition) is 3. The number of phenolic OH excluding ortho intramolecular Hbond substituents is 1. The summed E-state index contributed by atoms with van der Waals surface area (Å²) < 4.78 is 5.38. The average molecular weight is 280 g/mol. The van der Waals surface area contributed by atoms with Gasteiger partial charge in [-0.2, -0.15) is 0 Å². The van der Waals surface area contributed by atoms with E-state index < -0.39 is 0 Å². The Labute approximate surface area is 123 Å². The van der Waals surface area contributed by atoms with Crippen molar-refractivity contribution in [1.29, 1.82) is 0 Å². The van der Waals surface area contributed by atoms with Crippen LogP contribution < -0.4 is 4.74 Å². The molecule has 3 heteroatoms. The molecule has 0 aliphatic heterocycles. The number of ketones is 1. The summed E-state index contributed by atoms with van der Waals surface area (Å²) in [6.45, 7) is 4.05. The van der Waals surface area contributed by atoms with E-state index in [2.05, 4.69) is 6.58 Å². The molecule has 0 heterocycles. The minimum absolute atomic E-state index is 0.0815. The highest BCUT2D eigenvalue weighted by Crippen LogP contribution is 2.15. The van der Waals surface area contributed by atoms with Crippen LogP contribution in [0, 0.1) is 0 Å². The summed E-state index contributed by atoms with van der Waals surface area (Å²) in [5.74, 6) is 0.683. The molecule has 2 rings (SSSR count). The molecule has 0 unspecified atom stereocenters. The minimum Gasteiger partial charge on any atom is -0.508 e. The number of phenols is 1. The first kappa shape index (κ1) is 14.6. The predicted molar refractivity (Wildman–Crippen MR) is 83.6 cm³/mol. The van der Waals surface area contributed by atoms with E-state index in [1.807, 2.05) is 24.3 Å². The molecule has 2 aromatic carbocycles. The van der Waals surface area contributed by atoms with Crippen molar-refractivity contribution in [2.75, 3.05) is 6.61 Å². The van der Waals surface area contributed by atoms with Gasteiger partial charge in [-0.1, -0.05) is 43.0 Å². The molecule has 0 aliphatic rings. The first-order valence-electron chi connectivity index (χ1n) is 6.54. The number of rotatable bonds is 6. The van der Waals surface area contributed by atoms with Gasteiger partial charge in [0.2, 0.25) is 0 Å². The van der Waals surface area contributed by atoms with E-state index in [1.54, 1.807) is 24.3 Å². The molecule has 106 valence electrons. The van der Waals surface area contributed by atoms with Crippen molar-refractivity contribution in [3.05, 3.63) is 78.4 Å². The molecule has 21 heavy (non-hydrogen) atoms. The van der Waals surface area contributed by atoms with Gasteiger partial charge in [-0.25, -0.2) is 0 Å². The third-order valence-electron chi connectivity index (χ3n) is 2.81. The van der Waals surface area contributed by atoms with Crippen LogP contribution in [0.5, 0.6) is 11.5 Å². The summed E-state index contributed by atoms with van der Waals surface area (Å²) >= 11 is 0. The molecule has 3 nitrogen and oxygen atoms in total. The van der Waals surface area contributed by atoms with Crippen molar-refractivity contribution in [3.63, 3.8) is 0 Å². The fourth-order valence-electron chi connectivity index (χ4n) is 1.76. The van der Waals surface area contributed by atoms with Crippen LogP contribution in [-0.2, 0) is 0 Å². The van der Waals surface area contributed by atoms with Gasteiger partial charge in [-0.15, -0.1) is 0 Å². The Balaban J connectivity index is 2.03. The number of aromatic hydroxyl groups is 1. The van der Waals surface area contributed by atoms with E-state index in [0.29, 0.717) is 12.2 Å². The molecule has 0 spiro atoms. The van der Waals surface area contributed by atoms with E-state index in [9.17, 15) is 9.90 Å². The van der Waals surface area contributed by atoms with E-state index in [4.69, 9.17) is 4.74 Å². The van der Waals surface area contributed by atoms with Gasteiger partial charge in [0.15, 0.2) is 5.78 Å². The predicted octanol–water partition coefficient (Wildman–Crippen LogP) is 3.85. The Hall–Kier alpha value is -2.81. The van der Waals surface area contributed by atoms with E-state index in [0.717, 1.165) is 11.3 Å². The molecule has 1 N–H and O–H groups in total. The van der Waals surface area contributed by atoms with Crippen LogP contribution in [0.15, 0.2) is 67.3 Å². The summed E-state index contributed by atoms with van der Waals surface area (Å²) in [4.78, 5) is 11.9. The zero-order valence-electron chi connectivity index (χ0n) is 11.5. The Kier molecular flexibility index (Phi) is 4.94. The maximum Gasteiger partial charge on any atom is 0.185 e. The van der Waals surface area contributed by atoms with Crippen molar-refractivity contribution >= 4 is 11.9 Å². The summed E-state index contributed by atoms with van der Waals surface area (Å²) in [5, 5.41) is 9.35. The maximum atomic E-state index is 11.9. The monoisotopic (exact) mass is 280 g/mol. The fourth-order valence-corrected chi connectivity index (χ4v) is 1.76. The molecule has 2 aromatic rings. The number of hydrogen-bond donors (Lipinski definition) is 1. The zero-order valence-corrected chi connectivity index (χ0v) is 11.5. The lowest BCUT2D eigenvalue weighted by molar-refractivity contribution is 0.104. The molecule has 0 fully saturated rings. The minimum atomic E-state index is -0.155. The Morgan fingerprint density at radius 2 is 1.95 bits per heavy atom. The van der Waals surface area contributed by atoms with Crippen LogP contribution in [0.25, 0.3) is 6.08 Å². The van der Waals surface area contributed by atoms with Crippen LogP contribution in [0.1, 0.15) is 15.9 Å². The van der Waals surface area contributed by atoms with E-state index in [1.165, 1.54) is 18.2 Å². The van der Waals surface area contributed by atoms with Gasteiger partial charge in [0.1, 0.15) is 18.1 Å². The Morgan fingerprint density at radius 1 is 1.19 bits per heavy atom. The first-order chi connectivity index (χ1) is 10.2. The average Bonchev–Trinajstić information content (AvgIpc) is 2.51. The van der Waals surface area contributed by atoms with Gasteiger partial charge >= 0.3 is 0 Å². The van der Waals surface area contributed by atoms with Gasteiger partial charge in [0.25, 0.3) is 0 Å². The second-order valence-corrected chi connectivity index (χ2v) is 4.42. The second-order valence-electron chi connectivity index (χ2n) is 4.42. The smallest absolute Gasteiger partial charge is 0.185 e. The van der Waals surface area contributed by atoms with Crippen molar-refractivity contribution in [2.45, 2.75) is 0 Å². The SMILES string of the molecule is C=CCOc1ccc(/C=C/C(=O)c2cccc(O)c2)cc1.